The van der Waals surface area contributed by atoms with Gasteiger partial charge in [-0.1, -0.05) is 63.3 Å². The maximum absolute atomic E-state index is 5.10. The Kier molecular flexibility index (Phi) is 7.74. The molecule has 0 saturated heterocycles. The van der Waals surface area contributed by atoms with Crippen molar-refractivity contribution >= 4 is 0 Å². The van der Waals surface area contributed by atoms with Crippen molar-refractivity contribution in [2.24, 2.45) is 0 Å². The van der Waals surface area contributed by atoms with E-state index in [-0.39, 0.29) is 0 Å². The summed E-state index contributed by atoms with van der Waals surface area (Å²) in [7, 11) is 1.74. The summed E-state index contributed by atoms with van der Waals surface area (Å²) < 4.78 is 5.10. The Morgan fingerprint density at radius 3 is 2.06 bits per heavy atom. The molecule has 1 aromatic carbocycles. The van der Waals surface area contributed by atoms with Gasteiger partial charge in [-0.2, -0.15) is 0 Å². The molecule has 0 heterocycles. The van der Waals surface area contributed by atoms with Gasteiger partial charge < -0.3 is 4.74 Å². The molecule has 0 aliphatic heterocycles. The van der Waals surface area contributed by atoms with E-state index < -0.39 is 0 Å². The van der Waals surface area contributed by atoms with Gasteiger partial charge in [0.15, 0.2) is 0 Å². The predicted octanol–water partition coefficient (Wildman–Crippen LogP) is 4.74. The fourth-order valence-electron chi connectivity index (χ4n) is 2.08. The largest absolute Gasteiger partial charge is 0.380 e. The van der Waals surface area contributed by atoms with Crippen LogP contribution in [0.2, 0.25) is 0 Å². The van der Waals surface area contributed by atoms with Crippen LogP contribution < -0.4 is 0 Å². The summed E-state index contributed by atoms with van der Waals surface area (Å²) in [5, 5.41) is 0. The average molecular weight is 234 g/mol. The number of rotatable bonds is 9. The van der Waals surface area contributed by atoms with E-state index in [0.717, 1.165) is 6.61 Å². The number of benzene rings is 1. The zero-order chi connectivity index (χ0) is 12.3. The summed E-state index contributed by atoms with van der Waals surface area (Å²) in [5.41, 5.74) is 2.72. The Balaban J connectivity index is 2.14. The van der Waals surface area contributed by atoms with E-state index in [4.69, 9.17) is 4.74 Å². The van der Waals surface area contributed by atoms with Gasteiger partial charge in [-0.25, -0.2) is 0 Å². The first kappa shape index (κ1) is 14.2. The lowest BCUT2D eigenvalue weighted by Crippen LogP contribution is -1.90. The van der Waals surface area contributed by atoms with Crippen LogP contribution in [0, 0.1) is 0 Å². The molecule has 1 heteroatoms. The first-order chi connectivity index (χ1) is 8.36. The van der Waals surface area contributed by atoms with Crippen molar-refractivity contribution in [3.8, 4) is 0 Å². The average Bonchev–Trinajstić information content (AvgIpc) is 2.36. The maximum Gasteiger partial charge on any atom is 0.0713 e. The number of aryl methyl sites for hydroxylation is 1. The first-order valence-corrected chi connectivity index (χ1v) is 6.93. The highest BCUT2D eigenvalue weighted by Gasteiger charge is 1.95. The van der Waals surface area contributed by atoms with Gasteiger partial charge in [-0.05, 0) is 24.0 Å². The number of hydrogen-bond donors (Lipinski definition) is 0. The van der Waals surface area contributed by atoms with Crippen LogP contribution in [0.3, 0.4) is 0 Å². The Labute approximate surface area is 106 Å². The Bertz CT molecular complexity index is 276. The standard InChI is InChI=1S/C16H26O/c1-3-4-5-6-7-8-9-15-10-12-16(13-11-15)14-17-2/h10-13H,3-9,14H2,1-2H3. The van der Waals surface area contributed by atoms with Crippen molar-refractivity contribution in [1.82, 2.24) is 0 Å². The lowest BCUT2D eigenvalue weighted by molar-refractivity contribution is 0.185. The molecule has 1 rings (SSSR count). The summed E-state index contributed by atoms with van der Waals surface area (Å²) in [6.07, 6.45) is 9.46. The Morgan fingerprint density at radius 1 is 0.824 bits per heavy atom. The van der Waals surface area contributed by atoms with Crippen molar-refractivity contribution in [1.29, 1.82) is 0 Å². The SMILES string of the molecule is CCCCCCCCc1ccc(COC)cc1. The molecular formula is C16H26O. The summed E-state index contributed by atoms with van der Waals surface area (Å²) in [4.78, 5) is 0. The van der Waals surface area contributed by atoms with Crippen molar-refractivity contribution in [2.45, 2.75) is 58.5 Å². The highest BCUT2D eigenvalue weighted by atomic mass is 16.5. The van der Waals surface area contributed by atoms with Crippen LogP contribution in [0.15, 0.2) is 24.3 Å². The molecule has 0 aliphatic carbocycles. The highest BCUT2D eigenvalue weighted by Crippen LogP contribution is 2.11. The third-order valence-electron chi connectivity index (χ3n) is 3.15. The summed E-state index contributed by atoms with van der Waals surface area (Å²) in [6.45, 7) is 2.98. The minimum absolute atomic E-state index is 0.720. The lowest BCUT2D eigenvalue weighted by atomic mass is 10.0. The molecule has 0 fully saturated rings. The molecule has 17 heavy (non-hydrogen) atoms. The van der Waals surface area contributed by atoms with Gasteiger partial charge in [-0.15, -0.1) is 0 Å². The highest BCUT2D eigenvalue weighted by molar-refractivity contribution is 5.22. The third kappa shape index (κ3) is 6.48. The van der Waals surface area contributed by atoms with Crippen LogP contribution in [-0.2, 0) is 17.8 Å². The number of unbranched alkanes of at least 4 members (excludes halogenated alkanes) is 5. The normalized spacial score (nSPS) is 10.7. The van der Waals surface area contributed by atoms with Crippen LogP contribution in [0.4, 0.5) is 0 Å². The van der Waals surface area contributed by atoms with Crippen molar-refractivity contribution in [2.75, 3.05) is 7.11 Å². The van der Waals surface area contributed by atoms with E-state index in [2.05, 4.69) is 31.2 Å². The Hall–Kier alpha value is -0.820. The van der Waals surface area contributed by atoms with E-state index in [1.54, 1.807) is 7.11 Å². The molecule has 0 atom stereocenters. The van der Waals surface area contributed by atoms with E-state index in [1.165, 1.54) is 56.1 Å². The third-order valence-corrected chi connectivity index (χ3v) is 3.15. The summed E-state index contributed by atoms with van der Waals surface area (Å²) in [5.74, 6) is 0. The molecular weight excluding hydrogens is 208 g/mol. The number of methoxy groups -OCH3 is 1. The van der Waals surface area contributed by atoms with Gasteiger partial charge in [0, 0.05) is 7.11 Å². The lowest BCUT2D eigenvalue weighted by Gasteiger charge is -2.04. The molecule has 0 bridgehead atoms. The maximum atomic E-state index is 5.10. The van der Waals surface area contributed by atoms with Crippen LogP contribution >= 0.6 is 0 Å². The van der Waals surface area contributed by atoms with Gasteiger partial charge in [0.2, 0.25) is 0 Å². The van der Waals surface area contributed by atoms with Crippen LogP contribution in [0.25, 0.3) is 0 Å². The Morgan fingerprint density at radius 2 is 1.41 bits per heavy atom. The molecule has 0 spiro atoms. The second kappa shape index (κ2) is 9.23. The van der Waals surface area contributed by atoms with Crippen molar-refractivity contribution in [3.63, 3.8) is 0 Å². The number of ether oxygens (including phenoxy) is 1. The van der Waals surface area contributed by atoms with Gasteiger partial charge in [-0.3, -0.25) is 0 Å². The van der Waals surface area contributed by atoms with Gasteiger partial charge in [0.1, 0.15) is 0 Å². The monoisotopic (exact) mass is 234 g/mol. The fourth-order valence-corrected chi connectivity index (χ4v) is 2.08. The van der Waals surface area contributed by atoms with Gasteiger partial charge >= 0.3 is 0 Å². The minimum atomic E-state index is 0.720. The smallest absolute Gasteiger partial charge is 0.0713 e. The topological polar surface area (TPSA) is 9.23 Å². The molecule has 1 nitrogen and oxygen atoms in total. The molecule has 0 aliphatic rings. The first-order valence-electron chi connectivity index (χ1n) is 6.93. The molecule has 0 aromatic heterocycles. The fraction of sp³-hybridized carbons (Fsp3) is 0.625. The summed E-state index contributed by atoms with van der Waals surface area (Å²) in [6, 6.07) is 8.83. The summed E-state index contributed by atoms with van der Waals surface area (Å²) >= 11 is 0. The van der Waals surface area contributed by atoms with Gasteiger partial charge in [0.25, 0.3) is 0 Å². The van der Waals surface area contributed by atoms with Crippen molar-refractivity contribution < 1.29 is 4.74 Å². The molecule has 0 N–H and O–H groups in total. The number of hydrogen-bond acceptors (Lipinski definition) is 1. The molecule has 1 aromatic rings. The molecule has 96 valence electrons. The van der Waals surface area contributed by atoms with E-state index in [0.29, 0.717) is 0 Å². The molecule has 0 saturated carbocycles. The quantitative estimate of drug-likeness (QED) is 0.561. The van der Waals surface area contributed by atoms with Crippen molar-refractivity contribution in [3.05, 3.63) is 35.4 Å². The van der Waals surface area contributed by atoms with Crippen LogP contribution in [0.1, 0.15) is 56.6 Å². The molecule has 0 radical (unpaired) electrons. The van der Waals surface area contributed by atoms with E-state index >= 15 is 0 Å². The zero-order valence-electron chi connectivity index (χ0n) is 11.4. The van der Waals surface area contributed by atoms with Crippen LogP contribution in [-0.4, -0.2) is 7.11 Å². The van der Waals surface area contributed by atoms with Gasteiger partial charge in [0.05, 0.1) is 6.61 Å². The van der Waals surface area contributed by atoms with Crippen LogP contribution in [0.5, 0.6) is 0 Å². The van der Waals surface area contributed by atoms with E-state index in [1.807, 2.05) is 0 Å². The zero-order valence-corrected chi connectivity index (χ0v) is 11.4. The minimum Gasteiger partial charge on any atom is -0.380 e. The second-order valence-electron chi connectivity index (χ2n) is 4.77. The predicted molar refractivity (Wildman–Crippen MR) is 74.2 cm³/mol. The van der Waals surface area contributed by atoms with E-state index in [9.17, 15) is 0 Å². The second-order valence-corrected chi connectivity index (χ2v) is 4.77. The molecule has 0 unspecified atom stereocenters. The molecule has 0 amide bonds.